The van der Waals surface area contributed by atoms with Gasteiger partial charge in [0.05, 0.1) is 17.1 Å². The lowest BCUT2D eigenvalue weighted by atomic mass is 10.1. The summed E-state index contributed by atoms with van der Waals surface area (Å²) in [4.78, 5) is 26.2. The lowest BCUT2D eigenvalue weighted by Crippen LogP contribution is -2.40. The second-order valence-corrected chi connectivity index (χ2v) is 10.2. The zero-order valence-electron chi connectivity index (χ0n) is 17.2. The molecule has 1 saturated heterocycles. The van der Waals surface area contributed by atoms with Gasteiger partial charge in [0.15, 0.2) is 16.4 Å². The Labute approximate surface area is 187 Å². The van der Waals surface area contributed by atoms with Crippen LogP contribution in [0.15, 0.2) is 48.5 Å². The van der Waals surface area contributed by atoms with Crippen LogP contribution >= 0.6 is 11.6 Å². The highest BCUT2D eigenvalue weighted by molar-refractivity contribution is 7.91. The van der Waals surface area contributed by atoms with Crippen LogP contribution in [-0.4, -0.2) is 62.9 Å². The van der Waals surface area contributed by atoms with Crippen molar-refractivity contribution in [3.05, 3.63) is 64.7 Å². The number of hydrogen-bond donors (Lipinski definition) is 1. The lowest BCUT2D eigenvalue weighted by molar-refractivity contribution is -0.134. The van der Waals surface area contributed by atoms with Crippen molar-refractivity contribution in [1.29, 1.82) is 0 Å². The Bertz CT molecular complexity index is 1040. The molecule has 1 fully saturated rings. The first-order valence-electron chi connectivity index (χ1n) is 9.96. The van der Waals surface area contributed by atoms with Gasteiger partial charge in [-0.3, -0.25) is 4.79 Å². The number of amides is 1. The number of nitrogens with zero attached hydrogens (tertiary/aromatic N) is 1. The van der Waals surface area contributed by atoms with Crippen LogP contribution in [0.2, 0.25) is 5.02 Å². The third-order valence-corrected chi connectivity index (χ3v) is 7.27. The van der Waals surface area contributed by atoms with Crippen LogP contribution in [0.1, 0.15) is 22.3 Å². The summed E-state index contributed by atoms with van der Waals surface area (Å²) in [6.07, 6.45) is 1.15. The number of benzene rings is 2. The molecule has 7 nitrogen and oxygen atoms in total. The van der Waals surface area contributed by atoms with Crippen molar-refractivity contribution in [2.75, 3.05) is 37.0 Å². The van der Waals surface area contributed by atoms with Crippen molar-refractivity contribution in [3.8, 4) is 0 Å². The van der Waals surface area contributed by atoms with E-state index < -0.39 is 28.3 Å². The minimum atomic E-state index is -3.10. The van der Waals surface area contributed by atoms with E-state index in [0.717, 1.165) is 12.0 Å². The van der Waals surface area contributed by atoms with Gasteiger partial charge in [-0.1, -0.05) is 35.9 Å². The minimum Gasteiger partial charge on any atom is -0.452 e. The van der Waals surface area contributed by atoms with Gasteiger partial charge in [-0.25, -0.2) is 13.2 Å². The molecule has 3 rings (SSSR count). The molecule has 1 amide bonds. The molecule has 31 heavy (non-hydrogen) atoms. The van der Waals surface area contributed by atoms with E-state index >= 15 is 0 Å². The van der Waals surface area contributed by atoms with E-state index in [0.29, 0.717) is 29.2 Å². The predicted molar refractivity (Wildman–Crippen MR) is 120 cm³/mol. The summed E-state index contributed by atoms with van der Waals surface area (Å²) in [5.41, 5.74) is 2.06. The number of para-hydroxylation sites is 1. The van der Waals surface area contributed by atoms with Crippen LogP contribution in [0, 0.1) is 0 Å². The van der Waals surface area contributed by atoms with Gasteiger partial charge in [0.25, 0.3) is 5.91 Å². The summed E-state index contributed by atoms with van der Waals surface area (Å²) >= 11 is 5.90. The van der Waals surface area contributed by atoms with E-state index in [9.17, 15) is 18.0 Å². The Balaban J connectivity index is 1.53. The van der Waals surface area contributed by atoms with Crippen molar-refractivity contribution in [2.45, 2.75) is 18.9 Å². The van der Waals surface area contributed by atoms with Gasteiger partial charge in [-0.15, -0.1) is 0 Å². The van der Waals surface area contributed by atoms with E-state index in [2.05, 4.69) is 5.32 Å². The Morgan fingerprint density at radius 3 is 2.55 bits per heavy atom. The van der Waals surface area contributed by atoms with Crippen molar-refractivity contribution < 1.29 is 22.7 Å². The first-order valence-corrected chi connectivity index (χ1v) is 12.2. The van der Waals surface area contributed by atoms with Crippen LogP contribution in [0.25, 0.3) is 0 Å². The summed E-state index contributed by atoms with van der Waals surface area (Å²) in [5.74, 6) is -1.02. The number of anilines is 1. The Morgan fingerprint density at radius 2 is 1.87 bits per heavy atom. The third-order valence-electron chi connectivity index (χ3n) is 5.27. The topological polar surface area (TPSA) is 92.8 Å². The molecule has 1 N–H and O–H groups in total. The second-order valence-electron chi connectivity index (χ2n) is 7.49. The molecule has 0 aromatic heterocycles. The molecule has 1 atom stereocenters. The maximum absolute atomic E-state index is 12.5. The number of likely N-dealkylation sites (N-methyl/N-ethyl adjacent to an activating group) is 1. The highest BCUT2D eigenvalue weighted by Gasteiger charge is 2.33. The zero-order valence-corrected chi connectivity index (χ0v) is 18.8. The predicted octanol–water partition coefficient (Wildman–Crippen LogP) is 2.80. The van der Waals surface area contributed by atoms with Gasteiger partial charge in [0.2, 0.25) is 0 Å². The molecular weight excluding hydrogens is 440 g/mol. The fraction of sp³-hybridized carbons (Fsp3) is 0.364. The molecule has 1 aliphatic rings. The molecule has 1 unspecified atom stereocenters. The molecule has 166 valence electrons. The average Bonchev–Trinajstić information content (AvgIpc) is 3.12. The summed E-state index contributed by atoms with van der Waals surface area (Å²) in [6, 6.07) is 14.1. The van der Waals surface area contributed by atoms with Crippen LogP contribution < -0.4 is 5.32 Å². The van der Waals surface area contributed by atoms with E-state index in [1.54, 1.807) is 24.3 Å². The maximum atomic E-state index is 12.5. The summed E-state index contributed by atoms with van der Waals surface area (Å²) in [7, 11) is -1.57. The van der Waals surface area contributed by atoms with Crippen molar-refractivity contribution in [3.63, 3.8) is 0 Å². The van der Waals surface area contributed by atoms with Crippen LogP contribution in [0.5, 0.6) is 0 Å². The Morgan fingerprint density at radius 1 is 1.16 bits per heavy atom. The van der Waals surface area contributed by atoms with Gasteiger partial charge in [-0.2, -0.15) is 0 Å². The molecule has 0 spiro atoms. The first kappa shape index (κ1) is 23.1. The Hall–Kier alpha value is -2.58. The number of halogens is 1. The molecular formula is C22H25ClN2O5S. The molecule has 1 heterocycles. The van der Waals surface area contributed by atoms with Gasteiger partial charge in [0, 0.05) is 30.3 Å². The minimum absolute atomic E-state index is 0.0520. The van der Waals surface area contributed by atoms with Crippen LogP contribution in [0.3, 0.4) is 0 Å². The highest BCUT2D eigenvalue weighted by atomic mass is 35.5. The molecule has 2 aromatic carbocycles. The van der Waals surface area contributed by atoms with E-state index in [1.807, 2.05) is 24.3 Å². The number of hydrogen-bond acceptors (Lipinski definition) is 6. The number of ether oxygens (including phenoxy) is 1. The van der Waals surface area contributed by atoms with E-state index in [4.69, 9.17) is 16.3 Å². The van der Waals surface area contributed by atoms with Gasteiger partial charge in [0.1, 0.15) is 0 Å². The maximum Gasteiger partial charge on any atom is 0.340 e. The van der Waals surface area contributed by atoms with E-state index in [1.165, 1.54) is 11.9 Å². The Kier molecular flexibility index (Phi) is 7.56. The van der Waals surface area contributed by atoms with Crippen LogP contribution in [0.4, 0.5) is 5.69 Å². The summed E-state index contributed by atoms with van der Waals surface area (Å²) < 4.78 is 28.4. The van der Waals surface area contributed by atoms with Crippen LogP contribution in [-0.2, 0) is 25.8 Å². The zero-order chi connectivity index (χ0) is 22.4. The van der Waals surface area contributed by atoms with Crippen molar-refractivity contribution in [2.24, 2.45) is 0 Å². The number of carbonyl (C=O) groups is 2. The fourth-order valence-electron chi connectivity index (χ4n) is 3.40. The monoisotopic (exact) mass is 464 g/mol. The molecule has 0 aliphatic carbocycles. The van der Waals surface area contributed by atoms with Crippen molar-refractivity contribution >= 4 is 39.0 Å². The summed E-state index contributed by atoms with van der Waals surface area (Å²) in [6.45, 7) is 0.161. The normalized spacial score (nSPS) is 17.2. The number of rotatable bonds is 8. The summed E-state index contributed by atoms with van der Waals surface area (Å²) in [5, 5.41) is 3.91. The van der Waals surface area contributed by atoms with E-state index in [-0.39, 0.29) is 17.5 Å². The SMILES string of the molecule is CN(C(=O)COC(=O)c1ccccc1NCCc1ccc(Cl)cc1)C1CCS(=O)(=O)C1. The van der Waals surface area contributed by atoms with Gasteiger partial charge < -0.3 is 15.0 Å². The molecule has 0 bridgehead atoms. The first-order chi connectivity index (χ1) is 14.7. The number of esters is 1. The fourth-order valence-corrected chi connectivity index (χ4v) is 5.30. The number of sulfone groups is 1. The molecule has 1 aliphatic heterocycles. The molecule has 0 saturated carbocycles. The van der Waals surface area contributed by atoms with Gasteiger partial charge >= 0.3 is 5.97 Å². The third kappa shape index (κ3) is 6.45. The lowest BCUT2D eigenvalue weighted by Gasteiger charge is -2.23. The largest absolute Gasteiger partial charge is 0.452 e. The molecule has 2 aromatic rings. The highest BCUT2D eigenvalue weighted by Crippen LogP contribution is 2.19. The molecule has 0 radical (unpaired) electrons. The quantitative estimate of drug-likeness (QED) is 0.604. The smallest absolute Gasteiger partial charge is 0.340 e. The number of carbonyl (C=O) groups excluding carboxylic acids is 2. The molecule has 9 heteroatoms. The van der Waals surface area contributed by atoms with Crippen molar-refractivity contribution in [1.82, 2.24) is 4.90 Å². The standard InChI is InChI=1S/C22H25ClN2O5S/c1-25(18-11-13-31(28,29)15-18)21(26)14-30-22(27)19-4-2-3-5-20(19)24-12-10-16-6-8-17(23)9-7-16/h2-9,18,24H,10-15H2,1H3. The average molecular weight is 465 g/mol. The number of nitrogens with one attached hydrogen (secondary N) is 1. The van der Waals surface area contributed by atoms with Gasteiger partial charge in [-0.05, 0) is 42.7 Å². The second kappa shape index (κ2) is 10.2.